The van der Waals surface area contributed by atoms with E-state index in [0.29, 0.717) is 19.0 Å². The van der Waals surface area contributed by atoms with Crippen molar-refractivity contribution in [3.63, 3.8) is 0 Å². The van der Waals surface area contributed by atoms with E-state index in [-0.39, 0.29) is 28.7 Å². The standard InChI is InChI=1S/C19H19F2N3O3.C6H12N2/c20-13-5-11-16(24(10-1-2-10)7-12(18(11)25)19(26)27)15(21)17(13)23-6-9-3-4-22-14(9)8-23;1-2-8-6-4-7-3-5(1)6/h5,7,9-10,14,22H,1-4,6,8H2,(H,26,27);5-8H,1-4H2. The smallest absolute Gasteiger partial charge is 0.341 e. The molecule has 35 heavy (non-hydrogen) atoms. The van der Waals surface area contributed by atoms with Gasteiger partial charge in [-0.15, -0.1) is 0 Å². The largest absolute Gasteiger partial charge is 0.477 e. The van der Waals surface area contributed by atoms with Gasteiger partial charge in [-0.05, 0) is 63.2 Å². The molecule has 0 radical (unpaired) electrons. The second-order valence-corrected chi connectivity index (χ2v) is 10.5. The molecule has 4 saturated heterocycles. The molecule has 4 N–H and O–H groups in total. The van der Waals surface area contributed by atoms with Crippen LogP contribution in [0, 0.1) is 23.5 Å². The van der Waals surface area contributed by atoms with Crippen LogP contribution in [0.3, 0.4) is 0 Å². The van der Waals surface area contributed by atoms with Crippen LogP contribution in [-0.4, -0.2) is 67.0 Å². The van der Waals surface area contributed by atoms with Gasteiger partial charge in [-0.1, -0.05) is 0 Å². The van der Waals surface area contributed by atoms with E-state index in [9.17, 15) is 19.1 Å². The van der Waals surface area contributed by atoms with Crippen molar-refractivity contribution in [1.29, 1.82) is 0 Å². The van der Waals surface area contributed by atoms with Crippen LogP contribution in [0.15, 0.2) is 17.1 Å². The monoisotopic (exact) mass is 487 g/mol. The summed E-state index contributed by atoms with van der Waals surface area (Å²) in [6, 6.07) is 1.98. The normalized spacial score (nSPS) is 29.3. The van der Waals surface area contributed by atoms with E-state index in [2.05, 4.69) is 16.0 Å². The van der Waals surface area contributed by atoms with E-state index in [1.54, 1.807) is 4.90 Å². The number of carboxylic acid groups (broad SMARTS) is 1. The summed E-state index contributed by atoms with van der Waals surface area (Å²) in [4.78, 5) is 25.6. The highest BCUT2D eigenvalue weighted by molar-refractivity contribution is 5.94. The van der Waals surface area contributed by atoms with Gasteiger partial charge >= 0.3 is 5.97 Å². The highest BCUT2D eigenvalue weighted by atomic mass is 19.1. The minimum atomic E-state index is -1.39. The predicted octanol–water partition coefficient (Wildman–Crippen LogP) is 1.68. The average Bonchev–Trinajstić information content (AvgIpc) is 3.14. The van der Waals surface area contributed by atoms with Crippen LogP contribution < -0.4 is 26.3 Å². The van der Waals surface area contributed by atoms with Gasteiger partial charge in [-0.25, -0.2) is 13.6 Å². The highest BCUT2D eigenvalue weighted by Crippen LogP contribution is 2.40. The average molecular weight is 488 g/mol. The lowest BCUT2D eigenvalue weighted by Gasteiger charge is -2.23. The van der Waals surface area contributed by atoms with Gasteiger partial charge < -0.3 is 30.5 Å². The number of nitrogens with one attached hydrogen (secondary N) is 3. The van der Waals surface area contributed by atoms with Crippen molar-refractivity contribution >= 4 is 22.6 Å². The number of fused-ring (bicyclic) bond motifs is 3. The van der Waals surface area contributed by atoms with E-state index >= 15 is 4.39 Å². The molecule has 2 aromatic rings. The Morgan fingerprint density at radius 1 is 1.00 bits per heavy atom. The third kappa shape index (κ3) is 4.01. The summed E-state index contributed by atoms with van der Waals surface area (Å²) in [7, 11) is 0. The maximum atomic E-state index is 15.5. The minimum Gasteiger partial charge on any atom is -0.477 e. The molecular formula is C25H31F2N5O3. The van der Waals surface area contributed by atoms with E-state index in [1.807, 2.05) is 0 Å². The summed E-state index contributed by atoms with van der Waals surface area (Å²) in [6.45, 7) is 5.70. The van der Waals surface area contributed by atoms with Crippen LogP contribution >= 0.6 is 0 Å². The minimum absolute atomic E-state index is 0.00826. The molecule has 1 aromatic carbocycles. The quantitative estimate of drug-likeness (QED) is 0.523. The number of nitrogens with zero attached hydrogens (tertiary/aromatic N) is 2. The Kier molecular flexibility index (Phi) is 5.77. The molecule has 5 aliphatic rings. The number of hydrogen-bond donors (Lipinski definition) is 4. The Balaban J connectivity index is 0.000000240. The molecule has 0 spiro atoms. The Bertz CT molecular complexity index is 1200. The summed E-state index contributed by atoms with van der Waals surface area (Å²) in [5.74, 6) is -1.66. The van der Waals surface area contributed by atoms with Gasteiger partial charge in [0.05, 0.1) is 10.9 Å². The summed E-state index contributed by atoms with van der Waals surface area (Å²) >= 11 is 0. The second-order valence-electron chi connectivity index (χ2n) is 10.5. The fourth-order valence-corrected chi connectivity index (χ4v) is 6.28. The Morgan fingerprint density at radius 3 is 2.43 bits per heavy atom. The Hall–Kier alpha value is -2.56. The first-order chi connectivity index (χ1) is 16.9. The van der Waals surface area contributed by atoms with Gasteiger partial charge in [0.25, 0.3) is 0 Å². The van der Waals surface area contributed by atoms with Crippen molar-refractivity contribution in [3.8, 4) is 0 Å². The molecule has 4 unspecified atom stereocenters. The molecule has 1 aliphatic carbocycles. The molecule has 5 heterocycles. The SMILES string of the molecule is C1CC2CNCC2N1.O=C(O)c1cn(C2CC2)c2c(F)c(N3CC4CCNC4C3)c(F)cc2c1=O. The third-order valence-electron chi connectivity index (χ3n) is 8.29. The van der Waals surface area contributed by atoms with Crippen LogP contribution in [0.5, 0.6) is 0 Å². The van der Waals surface area contributed by atoms with Crippen molar-refractivity contribution in [2.45, 2.75) is 43.8 Å². The fraction of sp³-hybridized carbons (Fsp3) is 0.600. The topological polar surface area (TPSA) is 98.6 Å². The molecule has 10 heteroatoms. The van der Waals surface area contributed by atoms with Crippen LogP contribution in [0.4, 0.5) is 14.5 Å². The van der Waals surface area contributed by atoms with Gasteiger partial charge in [0.15, 0.2) is 5.82 Å². The number of rotatable bonds is 3. The van der Waals surface area contributed by atoms with Crippen LogP contribution in [-0.2, 0) is 0 Å². The first-order valence-corrected chi connectivity index (χ1v) is 12.6. The molecule has 188 valence electrons. The van der Waals surface area contributed by atoms with Gasteiger partial charge in [-0.2, -0.15) is 0 Å². The first-order valence-electron chi connectivity index (χ1n) is 12.6. The lowest BCUT2D eigenvalue weighted by Crippen LogP contribution is -2.31. The number of halogens is 2. The molecule has 1 aromatic heterocycles. The molecule has 8 nitrogen and oxygen atoms in total. The number of anilines is 1. The maximum absolute atomic E-state index is 15.5. The molecular weight excluding hydrogens is 456 g/mol. The first kappa shape index (κ1) is 22.9. The zero-order chi connectivity index (χ0) is 24.3. The molecule has 5 fully saturated rings. The fourth-order valence-electron chi connectivity index (χ4n) is 6.28. The van der Waals surface area contributed by atoms with Crippen LogP contribution in [0.25, 0.3) is 10.9 Å². The van der Waals surface area contributed by atoms with E-state index in [4.69, 9.17) is 0 Å². The van der Waals surface area contributed by atoms with Crippen molar-refractivity contribution < 1.29 is 18.7 Å². The van der Waals surface area contributed by atoms with Crippen molar-refractivity contribution in [3.05, 3.63) is 39.7 Å². The number of pyridine rings is 1. The van der Waals surface area contributed by atoms with Gasteiger partial charge in [0.1, 0.15) is 17.1 Å². The Labute approximate surface area is 201 Å². The van der Waals surface area contributed by atoms with Crippen molar-refractivity contribution in [1.82, 2.24) is 20.5 Å². The lowest BCUT2D eigenvalue weighted by molar-refractivity contribution is 0.0694. The number of aromatic carboxylic acids is 1. The number of hydrogen-bond acceptors (Lipinski definition) is 6. The van der Waals surface area contributed by atoms with Crippen molar-refractivity contribution in [2.24, 2.45) is 11.8 Å². The molecule has 7 rings (SSSR count). The number of carboxylic acids is 1. The van der Waals surface area contributed by atoms with Crippen molar-refractivity contribution in [2.75, 3.05) is 44.2 Å². The maximum Gasteiger partial charge on any atom is 0.341 e. The summed E-state index contributed by atoms with van der Waals surface area (Å²) in [5, 5.41) is 19.3. The van der Waals surface area contributed by atoms with Crippen LogP contribution in [0.2, 0.25) is 0 Å². The Morgan fingerprint density at radius 2 is 1.74 bits per heavy atom. The van der Waals surface area contributed by atoms with Gasteiger partial charge in [-0.3, -0.25) is 4.79 Å². The van der Waals surface area contributed by atoms with E-state index < -0.39 is 28.6 Å². The molecule has 1 saturated carbocycles. The van der Waals surface area contributed by atoms with E-state index in [1.165, 1.54) is 36.8 Å². The zero-order valence-electron chi connectivity index (χ0n) is 19.5. The highest BCUT2D eigenvalue weighted by Gasteiger charge is 2.39. The predicted molar refractivity (Wildman–Crippen MR) is 128 cm³/mol. The summed E-state index contributed by atoms with van der Waals surface area (Å²) < 4.78 is 31.9. The third-order valence-corrected chi connectivity index (χ3v) is 8.29. The molecule has 4 aliphatic heterocycles. The molecule has 0 amide bonds. The molecule has 0 bridgehead atoms. The van der Waals surface area contributed by atoms with Gasteiger partial charge in [0.2, 0.25) is 5.43 Å². The number of carbonyl (C=O) groups is 1. The number of aromatic nitrogens is 1. The second kappa shape index (κ2) is 8.83. The molecule has 4 atom stereocenters. The van der Waals surface area contributed by atoms with Crippen LogP contribution in [0.1, 0.15) is 42.1 Å². The summed E-state index contributed by atoms with van der Waals surface area (Å²) in [6.07, 6.45) is 5.13. The van der Waals surface area contributed by atoms with Gasteiger partial charge in [0, 0.05) is 44.0 Å². The zero-order valence-corrected chi connectivity index (χ0v) is 19.5. The lowest BCUT2D eigenvalue weighted by atomic mass is 10.1. The number of benzene rings is 1. The van der Waals surface area contributed by atoms with E-state index in [0.717, 1.165) is 43.8 Å². The summed E-state index contributed by atoms with van der Waals surface area (Å²) in [5.41, 5.74) is -1.41.